The maximum atomic E-state index is 13.3. The van der Waals surface area contributed by atoms with Crippen LogP contribution in [0.4, 0.5) is 11.4 Å². The predicted molar refractivity (Wildman–Crippen MR) is 140 cm³/mol. The fourth-order valence-electron chi connectivity index (χ4n) is 4.34. The summed E-state index contributed by atoms with van der Waals surface area (Å²) in [6, 6.07) is 16.0. The SMILES string of the molecule is CCN(CC)c1ccc(/C=N\N2C(=O)c3cccc4c(NC(CO)(CO)CO)ccc(c34)C2=O)cc1. The van der Waals surface area contributed by atoms with Crippen LogP contribution >= 0.6 is 0 Å². The fraction of sp³-hybridized carbons (Fsp3) is 0.296. The first-order chi connectivity index (χ1) is 17.4. The quantitative estimate of drug-likeness (QED) is 0.254. The summed E-state index contributed by atoms with van der Waals surface area (Å²) >= 11 is 0. The van der Waals surface area contributed by atoms with Crippen LogP contribution in [0.1, 0.15) is 40.1 Å². The van der Waals surface area contributed by atoms with Gasteiger partial charge in [-0.1, -0.05) is 24.3 Å². The van der Waals surface area contributed by atoms with Crippen LogP contribution in [0.25, 0.3) is 10.8 Å². The molecule has 9 heteroatoms. The Morgan fingerprint density at radius 1 is 0.889 bits per heavy atom. The number of imide groups is 1. The molecule has 1 aliphatic rings. The molecule has 0 unspecified atom stereocenters. The van der Waals surface area contributed by atoms with Crippen molar-refractivity contribution in [1.82, 2.24) is 5.01 Å². The van der Waals surface area contributed by atoms with Gasteiger partial charge in [0.25, 0.3) is 11.8 Å². The predicted octanol–water partition coefficient (Wildman–Crippen LogP) is 2.44. The number of benzene rings is 3. The molecule has 0 fully saturated rings. The third kappa shape index (κ3) is 4.44. The monoisotopic (exact) mass is 490 g/mol. The molecule has 188 valence electrons. The van der Waals surface area contributed by atoms with E-state index < -0.39 is 37.2 Å². The Bertz CT molecular complexity index is 1270. The van der Waals surface area contributed by atoms with Crippen molar-refractivity contribution >= 4 is 40.2 Å². The second kappa shape index (κ2) is 10.4. The lowest BCUT2D eigenvalue weighted by Gasteiger charge is -2.31. The van der Waals surface area contributed by atoms with Gasteiger partial charge in [0.2, 0.25) is 0 Å². The van der Waals surface area contributed by atoms with Crippen LogP contribution in [0, 0.1) is 0 Å². The van der Waals surface area contributed by atoms with Crippen LogP contribution in [0.5, 0.6) is 0 Å². The van der Waals surface area contributed by atoms with E-state index in [1.165, 1.54) is 6.21 Å². The molecule has 0 radical (unpaired) electrons. The molecule has 2 amide bonds. The number of anilines is 2. The van der Waals surface area contributed by atoms with Crippen molar-refractivity contribution < 1.29 is 24.9 Å². The minimum absolute atomic E-state index is 0.308. The lowest BCUT2D eigenvalue weighted by Crippen LogP contribution is -2.49. The highest BCUT2D eigenvalue weighted by molar-refractivity contribution is 6.26. The zero-order valence-electron chi connectivity index (χ0n) is 20.3. The van der Waals surface area contributed by atoms with Gasteiger partial charge in [-0.25, -0.2) is 0 Å². The number of hydrogen-bond acceptors (Lipinski definition) is 8. The second-order valence-corrected chi connectivity index (χ2v) is 8.70. The lowest BCUT2D eigenvalue weighted by atomic mass is 9.92. The van der Waals surface area contributed by atoms with Crippen LogP contribution in [0.2, 0.25) is 0 Å². The largest absolute Gasteiger partial charge is 0.394 e. The maximum absolute atomic E-state index is 13.3. The summed E-state index contributed by atoms with van der Waals surface area (Å²) in [5.41, 5.74) is 1.56. The molecular weight excluding hydrogens is 460 g/mol. The molecule has 9 nitrogen and oxygen atoms in total. The highest BCUT2D eigenvalue weighted by Gasteiger charge is 2.35. The number of hydrazone groups is 1. The van der Waals surface area contributed by atoms with E-state index in [0.29, 0.717) is 27.6 Å². The molecule has 1 aliphatic heterocycles. The third-order valence-corrected chi connectivity index (χ3v) is 6.54. The highest BCUT2D eigenvalue weighted by Crippen LogP contribution is 2.35. The fourth-order valence-corrected chi connectivity index (χ4v) is 4.34. The number of nitrogens with one attached hydrogen (secondary N) is 1. The van der Waals surface area contributed by atoms with E-state index in [9.17, 15) is 24.9 Å². The first-order valence-electron chi connectivity index (χ1n) is 11.9. The van der Waals surface area contributed by atoms with Crippen molar-refractivity contribution in [1.29, 1.82) is 0 Å². The number of hydrogen-bond donors (Lipinski definition) is 4. The molecule has 0 saturated carbocycles. The molecule has 4 N–H and O–H groups in total. The van der Waals surface area contributed by atoms with Gasteiger partial charge >= 0.3 is 0 Å². The van der Waals surface area contributed by atoms with Crippen molar-refractivity contribution in [2.45, 2.75) is 19.4 Å². The van der Waals surface area contributed by atoms with Crippen LogP contribution in [0.15, 0.2) is 59.7 Å². The molecule has 36 heavy (non-hydrogen) atoms. The summed E-state index contributed by atoms with van der Waals surface area (Å²) in [6.07, 6.45) is 1.49. The molecule has 4 rings (SSSR count). The van der Waals surface area contributed by atoms with Gasteiger partial charge in [-0.2, -0.15) is 10.1 Å². The number of carbonyl (C=O) groups is 2. The van der Waals surface area contributed by atoms with Gasteiger partial charge in [0.05, 0.1) is 37.2 Å². The van der Waals surface area contributed by atoms with Gasteiger partial charge in [0, 0.05) is 35.2 Å². The third-order valence-electron chi connectivity index (χ3n) is 6.54. The number of amides is 2. The molecule has 0 aromatic heterocycles. The number of nitrogens with zero attached hydrogens (tertiary/aromatic N) is 3. The first-order valence-corrected chi connectivity index (χ1v) is 11.9. The van der Waals surface area contributed by atoms with Gasteiger partial charge in [0.15, 0.2) is 0 Å². The summed E-state index contributed by atoms with van der Waals surface area (Å²) in [5, 5.41) is 38.2. The summed E-state index contributed by atoms with van der Waals surface area (Å²) in [4.78, 5) is 28.7. The van der Waals surface area contributed by atoms with Gasteiger partial charge in [-0.15, -0.1) is 0 Å². The van der Waals surface area contributed by atoms with Gasteiger partial charge < -0.3 is 25.5 Å². The Labute approximate surface area is 209 Å². The molecule has 3 aromatic rings. The van der Waals surface area contributed by atoms with Crippen LogP contribution < -0.4 is 10.2 Å². The summed E-state index contributed by atoms with van der Waals surface area (Å²) in [7, 11) is 0. The maximum Gasteiger partial charge on any atom is 0.282 e. The Morgan fingerprint density at radius 3 is 2.08 bits per heavy atom. The summed E-state index contributed by atoms with van der Waals surface area (Å²) in [5.74, 6) is -1.10. The second-order valence-electron chi connectivity index (χ2n) is 8.70. The summed E-state index contributed by atoms with van der Waals surface area (Å²) < 4.78 is 0. The Balaban J connectivity index is 1.67. The minimum Gasteiger partial charge on any atom is -0.394 e. The van der Waals surface area contributed by atoms with Gasteiger partial charge in [0.1, 0.15) is 5.54 Å². The number of rotatable bonds is 10. The molecule has 0 spiro atoms. The van der Waals surface area contributed by atoms with Crippen molar-refractivity contribution in [3.05, 3.63) is 71.3 Å². The zero-order valence-corrected chi connectivity index (χ0v) is 20.3. The highest BCUT2D eigenvalue weighted by atomic mass is 16.3. The zero-order chi connectivity index (χ0) is 25.9. The van der Waals surface area contributed by atoms with E-state index in [-0.39, 0.29) is 0 Å². The van der Waals surface area contributed by atoms with Crippen LogP contribution in [0.3, 0.4) is 0 Å². The lowest BCUT2D eigenvalue weighted by molar-refractivity contribution is 0.0616. The van der Waals surface area contributed by atoms with Crippen LogP contribution in [-0.4, -0.2) is 76.8 Å². The van der Waals surface area contributed by atoms with Gasteiger partial charge in [-0.3, -0.25) is 9.59 Å². The topological polar surface area (TPSA) is 126 Å². The number of aliphatic hydroxyl groups is 3. The smallest absolute Gasteiger partial charge is 0.282 e. The van der Waals surface area contributed by atoms with Crippen molar-refractivity contribution in [2.75, 3.05) is 43.1 Å². The molecule has 3 aromatic carbocycles. The standard InChI is InChI=1S/C27H30N4O5/c1-3-30(4-2)19-10-8-18(9-11-19)14-28-31-25(35)21-7-5-6-20-23(29-27(15-32,16-33)17-34)13-12-22(24(20)21)26(31)36/h5-14,29,32-34H,3-4,15-17H2,1-2H3/b28-14-. The van der Waals surface area contributed by atoms with E-state index in [1.807, 2.05) is 24.3 Å². The van der Waals surface area contributed by atoms with E-state index in [0.717, 1.165) is 29.3 Å². The average molecular weight is 491 g/mol. The Hall–Kier alpha value is -3.79. The van der Waals surface area contributed by atoms with Gasteiger partial charge in [-0.05, 0) is 49.7 Å². The molecule has 1 heterocycles. The molecule has 0 bridgehead atoms. The summed E-state index contributed by atoms with van der Waals surface area (Å²) in [6.45, 7) is 4.42. The van der Waals surface area contributed by atoms with E-state index in [2.05, 4.69) is 29.2 Å². The minimum atomic E-state index is -1.36. The molecule has 0 saturated heterocycles. The Kier molecular flexibility index (Phi) is 7.35. The molecular formula is C27H30N4O5. The van der Waals surface area contributed by atoms with E-state index >= 15 is 0 Å². The first kappa shape index (κ1) is 25.3. The van der Waals surface area contributed by atoms with Crippen molar-refractivity contribution in [3.8, 4) is 0 Å². The average Bonchev–Trinajstić information content (AvgIpc) is 2.92. The Morgan fingerprint density at radius 2 is 1.50 bits per heavy atom. The van der Waals surface area contributed by atoms with Crippen LogP contribution in [-0.2, 0) is 0 Å². The van der Waals surface area contributed by atoms with Crippen molar-refractivity contribution in [3.63, 3.8) is 0 Å². The van der Waals surface area contributed by atoms with E-state index in [1.54, 1.807) is 30.3 Å². The normalized spacial score (nSPS) is 13.6. The molecule has 0 aliphatic carbocycles. The van der Waals surface area contributed by atoms with Crippen molar-refractivity contribution in [2.24, 2.45) is 5.10 Å². The molecule has 0 atom stereocenters. The number of carbonyl (C=O) groups excluding carboxylic acids is 2. The van der Waals surface area contributed by atoms with E-state index in [4.69, 9.17) is 0 Å². The number of aliphatic hydroxyl groups excluding tert-OH is 3.